The van der Waals surface area contributed by atoms with Crippen molar-refractivity contribution in [2.45, 2.75) is 25.8 Å². The van der Waals surface area contributed by atoms with Crippen LogP contribution in [0.15, 0.2) is 42.5 Å². The largest absolute Gasteiger partial charge is 0.508 e. The predicted molar refractivity (Wildman–Crippen MR) is 77.4 cm³/mol. The number of aromatic hydroxyl groups is 1. The van der Waals surface area contributed by atoms with Gasteiger partial charge in [0.1, 0.15) is 5.75 Å². The van der Waals surface area contributed by atoms with Gasteiger partial charge >= 0.3 is 0 Å². The van der Waals surface area contributed by atoms with Gasteiger partial charge in [-0.15, -0.1) is 0 Å². The van der Waals surface area contributed by atoms with Crippen LogP contribution in [0.3, 0.4) is 0 Å². The average molecular weight is 253 g/mol. The highest BCUT2D eigenvalue weighted by Crippen LogP contribution is 2.36. The van der Waals surface area contributed by atoms with Crippen LogP contribution in [0.4, 0.5) is 0 Å². The molecule has 1 aliphatic heterocycles. The van der Waals surface area contributed by atoms with Crippen LogP contribution in [0.1, 0.15) is 29.2 Å². The molecule has 19 heavy (non-hydrogen) atoms. The quantitative estimate of drug-likeness (QED) is 0.818. The van der Waals surface area contributed by atoms with Crippen molar-refractivity contribution in [3.8, 4) is 5.75 Å². The Balaban J connectivity index is 2.16. The molecule has 2 nitrogen and oxygen atoms in total. The Kier molecular flexibility index (Phi) is 2.83. The maximum absolute atomic E-state index is 9.65. The number of phenols is 1. The van der Waals surface area contributed by atoms with E-state index in [4.69, 9.17) is 0 Å². The summed E-state index contributed by atoms with van der Waals surface area (Å²) in [6.07, 6.45) is 0.963. The van der Waals surface area contributed by atoms with Crippen molar-refractivity contribution in [2.75, 3.05) is 6.54 Å². The van der Waals surface area contributed by atoms with Gasteiger partial charge in [0.2, 0.25) is 0 Å². The Hall–Kier alpha value is -1.80. The minimum absolute atomic E-state index is 0.173. The molecule has 0 aromatic heterocycles. The SMILES string of the molecule is Cc1cccc([C@]2(C)NCCc3cc(O)ccc32)c1. The third-order valence-electron chi connectivity index (χ3n) is 4.10. The second kappa shape index (κ2) is 4.39. The fraction of sp³-hybridized carbons (Fsp3) is 0.294. The topological polar surface area (TPSA) is 32.3 Å². The highest BCUT2D eigenvalue weighted by Gasteiger charge is 2.33. The molecule has 1 heterocycles. The molecule has 2 aromatic rings. The number of hydrogen-bond acceptors (Lipinski definition) is 2. The molecule has 3 rings (SSSR count). The van der Waals surface area contributed by atoms with Crippen LogP contribution < -0.4 is 5.32 Å². The summed E-state index contributed by atoms with van der Waals surface area (Å²) in [5, 5.41) is 13.3. The smallest absolute Gasteiger partial charge is 0.115 e. The van der Waals surface area contributed by atoms with Gasteiger partial charge in [0.05, 0.1) is 5.54 Å². The molecular formula is C17H19NO. The molecule has 0 bridgehead atoms. The van der Waals surface area contributed by atoms with Crippen molar-refractivity contribution >= 4 is 0 Å². The number of nitrogens with one attached hydrogen (secondary N) is 1. The lowest BCUT2D eigenvalue weighted by Gasteiger charge is -2.38. The fourth-order valence-corrected chi connectivity index (χ4v) is 3.03. The van der Waals surface area contributed by atoms with Gasteiger partial charge in [0, 0.05) is 6.54 Å². The van der Waals surface area contributed by atoms with Gasteiger partial charge in [0.25, 0.3) is 0 Å². The van der Waals surface area contributed by atoms with E-state index in [0.29, 0.717) is 5.75 Å². The Bertz CT molecular complexity index is 620. The van der Waals surface area contributed by atoms with Crippen LogP contribution >= 0.6 is 0 Å². The maximum atomic E-state index is 9.65. The fourth-order valence-electron chi connectivity index (χ4n) is 3.03. The molecule has 0 spiro atoms. The first-order chi connectivity index (χ1) is 9.09. The first kappa shape index (κ1) is 12.2. The molecule has 0 amide bonds. The van der Waals surface area contributed by atoms with E-state index in [-0.39, 0.29) is 5.54 Å². The number of rotatable bonds is 1. The van der Waals surface area contributed by atoms with Gasteiger partial charge in [-0.25, -0.2) is 0 Å². The molecule has 1 atom stereocenters. The van der Waals surface area contributed by atoms with E-state index in [2.05, 4.69) is 43.4 Å². The van der Waals surface area contributed by atoms with Gasteiger partial charge in [-0.1, -0.05) is 35.9 Å². The summed E-state index contributed by atoms with van der Waals surface area (Å²) in [6, 6.07) is 14.3. The zero-order valence-corrected chi connectivity index (χ0v) is 11.4. The van der Waals surface area contributed by atoms with Crippen molar-refractivity contribution in [1.82, 2.24) is 5.32 Å². The standard InChI is InChI=1S/C17H19NO/c1-12-4-3-5-14(10-12)17(2)16-7-6-15(19)11-13(16)8-9-18-17/h3-7,10-11,18-19H,8-9H2,1-2H3/t17-/m0/s1. The van der Waals surface area contributed by atoms with Crippen LogP contribution in [-0.4, -0.2) is 11.7 Å². The summed E-state index contributed by atoms with van der Waals surface area (Å²) in [5.74, 6) is 0.354. The summed E-state index contributed by atoms with van der Waals surface area (Å²) in [5.41, 5.74) is 4.88. The Morgan fingerprint density at radius 2 is 2.00 bits per heavy atom. The van der Waals surface area contributed by atoms with E-state index >= 15 is 0 Å². The van der Waals surface area contributed by atoms with Crippen LogP contribution in [0, 0.1) is 6.92 Å². The molecular weight excluding hydrogens is 234 g/mol. The van der Waals surface area contributed by atoms with E-state index in [0.717, 1.165) is 13.0 Å². The monoisotopic (exact) mass is 253 g/mol. The van der Waals surface area contributed by atoms with Gasteiger partial charge in [-0.05, 0) is 49.1 Å². The lowest BCUT2D eigenvalue weighted by atomic mass is 9.78. The average Bonchev–Trinajstić information content (AvgIpc) is 2.38. The van der Waals surface area contributed by atoms with Crippen LogP contribution in [0.2, 0.25) is 0 Å². The van der Waals surface area contributed by atoms with E-state index in [1.165, 1.54) is 22.3 Å². The van der Waals surface area contributed by atoms with Gasteiger partial charge in [-0.3, -0.25) is 0 Å². The number of aryl methyl sites for hydroxylation is 1. The van der Waals surface area contributed by atoms with Gasteiger partial charge in [0.15, 0.2) is 0 Å². The minimum Gasteiger partial charge on any atom is -0.508 e. The maximum Gasteiger partial charge on any atom is 0.115 e. The minimum atomic E-state index is -0.173. The normalized spacial score (nSPS) is 22.0. The molecule has 1 aliphatic rings. The molecule has 98 valence electrons. The number of fused-ring (bicyclic) bond motifs is 1. The molecule has 0 fully saturated rings. The highest BCUT2D eigenvalue weighted by molar-refractivity contribution is 5.47. The third-order valence-corrected chi connectivity index (χ3v) is 4.10. The van der Waals surface area contributed by atoms with Crippen molar-refractivity contribution < 1.29 is 5.11 Å². The Labute approximate surface area is 114 Å². The zero-order chi connectivity index (χ0) is 13.5. The lowest BCUT2D eigenvalue weighted by Crippen LogP contribution is -2.45. The van der Waals surface area contributed by atoms with Crippen LogP contribution in [0.25, 0.3) is 0 Å². The second-order valence-corrected chi connectivity index (χ2v) is 5.51. The summed E-state index contributed by atoms with van der Waals surface area (Å²) in [6.45, 7) is 5.27. The van der Waals surface area contributed by atoms with Gasteiger partial charge < -0.3 is 10.4 Å². The van der Waals surface area contributed by atoms with Crippen molar-refractivity contribution in [1.29, 1.82) is 0 Å². The number of phenolic OH excluding ortho intramolecular Hbond substituents is 1. The third kappa shape index (κ3) is 2.02. The van der Waals surface area contributed by atoms with E-state index in [1.807, 2.05) is 12.1 Å². The van der Waals surface area contributed by atoms with Crippen molar-refractivity contribution in [3.05, 3.63) is 64.7 Å². The number of hydrogen-bond donors (Lipinski definition) is 2. The molecule has 2 aromatic carbocycles. The van der Waals surface area contributed by atoms with Crippen molar-refractivity contribution in [3.63, 3.8) is 0 Å². The Morgan fingerprint density at radius 1 is 1.16 bits per heavy atom. The Morgan fingerprint density at radius 3 is 2.79 bits per heavy atom. The molecule has 0 saturated carbocycles. The lowest BCUT2D eigenvalue weighted by molar-refractivity contribution is 0.411. The zero-order valence-electron chi connectivity index (χ0n) is 11.4. The van der Waals surface area contributed by atoms with Crippen LogP contribution in [-0.2, 0) is 12.0 Å². The molecule has 0 radical (unpaired) electrons. The van der Waals surface area contributed by atoms with Gasteiger partial charge in [-0.2, -0.15) is 0 Å². The summed E-state index contributed by atoms with van der Waals surface area (Å²) >= 11 is 0. The summed E-state index contributed by atoms with van der Waals surface area (Å²) in [4.78, 5) is 0. The predicted octanol–water partition coefficient (Wildman–Crippen LogP) is 3.11. The highest BCUT2D eigenvalue weighted by atomic mass is 16.3. The molecule has 0 saturated heterocycles. The first-order valence-corrected chi connectivity index (χ1v) is 6.74. The number of benzene rings is 2. The molecule has 0 unspecified atom stereocenters. The second-order valence-electron chi connectivity index (χ2n) is 5.51. The van der Waals surface area contributed by atoms with E-state index in [1.54, 1.807) is 6.07 Å². The summed E-state index contributed by atoms with van der Waals surface area (Å²) < 4.78 is 0. The molecule has 2 N–H and O–H groups in total. The van der Waals surface area contributed by atoms with Crippen molar-refractivity contribution in [2.24, 2.45) is 0 Å². The molecule has 0 aliphatic carbocycles. The van der Waals surface area contributed by atoms with E-state index < -0.39 is 0 Å². The summed E-state index contributed by atoms with van der Waals surface area (Å²) in [7, 11) is 0. The first-order valence-electron chi connectivity index (χ1n) is 6.74. The van der Waals surface area contributed by atoms with Crippen LogP contribution in [0.5, 0.6) is 5.75 Å². The van der Waals surface area contributed by atoms with E-state index in [9.17, 15) is 5.11 Å². The molecule has 2 heteroatoms.